The molecule has 0 bridgehead atoms. The monoisotopic (exact) mass is 352 g/mol. The van der Waals surface area contributed by atoms with Crippen LogP contribution >= 0.6 is 0 Å². The van der Waals surface area contributed by atoms with Crippen molar-refractivity contribution in [1.29, 1.82) is 0 Å². The Bertz CT molecular complexity index is 701. The summed E-state index contributed by atoms with van der Waals surface area (Å²) in [6, 6.07) is 19.1. The Morgan fingerprint density at radius 2 is 1.46 bits per heavy atom. The van der Waals surface area contributed by atoms with Crippen LogP contribution in [0.25, 0.3) is 0 Å². The third-order valence-electron chi connectivity index (χ3n) is 3.77. The predicted octanol–water partition coefficient (Wildman–Crippen LogP) is 3.87. The zero-order valence-electron chi connectivity index (χ0n) is 15.1. The molecule has 0 aromatic heterocycles. The van der Waals surface area contributed by atoms with E-state index in [2.05, 4.69) is 5.32 Å². The summed E-state index contributed by atoms with van der Waals surface area (Å²) in [5, 5.41) is 2.68. The molecular formula is C21H24N2O3. The summed E-state index contributed by atoms with van der Waals surface area (Å²) >= 11 is 0. The van der Waals surface area contributed by atoms with Crippen LogP contribution in [0.3, 0.4) is 0 Å². The molecule has 0 spiro atoms. The first-order valence-electron chi connectivity index (χ1n) is 8.56. The minimum Gasteiger partial charge on any atom is -0.464 e. The summed E-state index contributed by atoms with van der Waals surface area (Å²) in [6.45, 7) is 2.76. The number of esters is 1. The van der Waals surface area contributed by atoms with Crippen molar-refractivity contribution in [3.8, 4) is 0 Å². The minimum atomic E-state index is -0.556. The maximum atomic E-state index is 12.8. The van der Waals surface area contributed by atoms with Gasteiger partial charge in [0.2, 0.25) is 0 Å². The van der Waals surface area contributed by atoms with Crippen LogP contribution in [-0.2, 0) is 22.6 Å². The van der Waals surface area contributed by atoms with Gasteiger partial charge in [-0.2, -0.15) is 0 Å². The molecular weight excluding hydrogens is 328 g/mol. The molecule has 0 fully saturated rings. The number of hydrogen-bond donors (Lipinski definition) is 1. The molecule has 2 rings (SSSR count). The fraction of sp³-hybridized carbons (Fsp3) is 0.238. The van der Waals surface area contributed by atoms with Crippen LogP contribution in [0.4, 0.5) is 4.79 Å². The van der Waals surface area contributed by atoms with E-state index >= 15 is 0 Å². The third-order valence-corrected chi connectivity index (χ3v) is 3.77. The van der Waals surface area contributed by atoms with E-state index in [0.717, 1.165) is 11.1 Å². The molecule has 0 aliphatic heterocycles. The van der Waals surface area contributed by atoms with Crippen molar-refractivity contribution in [3.63, 3.8) is 0 Å². The highest BCUT2D eigenvalue weighted by molar-refractivity contribution is 5.93. The molecule has 1 N–H and O–H groups in total. The number of nitrogens with zero attached hydrogens (tertiary/aromatic N) is 1. The molecule has 0 atom stereocenters. The van der Waals surface area contributed by atoms with E-state index < -0.39 is 5.97 Å². The Kier molecular flexibility index (Phi) is 7.43. The van der Waals surface area contributed by atoms with Crippen molar-refractivity contribution in [1.82, 2.24) is 10.2 Å². The first-order chi connectivity index (χ1) is 12.6. The molecule has 2 aromatic carbocycles. The number of urea groups is 1. The smallest absolute Gasteiger partial charge is 0.354 e. The molecule has 2 amide bonds. The summed E-state index contributed by atoms with van der Waals surface area (Å²) < 4.78 is 4.74. The van der Waals surface area contributed by atoms with Gasteiger partial charge in [0.05, 0.1) is 7.11 Å². The van der Waals surface area contributed by atoms with Gasteiger partial charge in [0.1, 0.15) is 5.70 Å². The topological polar surface area (TPSA) is 58.6 Å². The SMILES string of the molecule is CC/C=C(\NC(=O)N(Cc1ccccc1)Cc1ccccc1)C(=O)OC. The number of hydrogen-bond acceptors (Lipinski definition) is 3. The number of methoxy groups -OCH3 is 1. The van der Waals surface area contributed by atoms with Crippen LogP contribution in [0.5, 0.6) is 0 Å². The summed E-state index contributed by atoms with van der Waals surface area (Å²) in [6.07, 6.45) is 2.26. The Balaban J connectivity index is 2.19. The molecule has 2 aromatic rings. The van der Waals surface area contributed by atoms with Crippen molar-refractivity contribution in [2.24, 2.45) is 0 Å². The zero-order chi connectivity index (χ0) is 18.8. The first kappa shape index (κ1) is 19.2. The van der Waals surface area contributed by atoms with E-state index in [9.17, 15) is 9.59 Å². The lowest BCUT2D eigenvalue weighted by molar-refractivity contribution is -0.136. The lowest BCUT2D eigenvalue weighted by atomic mass is 10.2. The van der Waals surface area contributed by atoms with Crippen molar-refractivity contribution in [2.75, 3.05) is 7.11 Å². The highest BCUT2D eigenvalue weighted by Gasteiger charge is 2.19. The number of ether oxygens (including phenoxy) is 1. The molecule has 0 aliphatic rings. The summed E-state index contributed by atoms with van der Waals surface area (Å²) in [5.41, 5.74) is 2.18. The average Bonchev–Trinajstić information content (AvgIpc) is 2.68. The van der Waals surface area contributed by atoms with E-state index in [1.165, 1.54) is 7.11 Å². The Morgan fingerprint density at radius 1 is 0.962 bits per heavy atom. The van der Waals surface area contributed by atoms with Gasteiger partial charge in [0.25, 0.3) is 0 Å². The minimum absolute atomic E-state index is 0.158. The van der Waals surface area contributed by atoms with Gasteiger partial charge in [-0.15, -0.1) is 0 Å². The van der Waals surface area contributed by atoms with E-state index in [1.54, 1.807) is 11.0 Å². The molecule has 0 unspecified atom stereocenters. The lowest BCUT2D eigenvalue weighted by Gasteiger charge is -2.24. The zero-order valence-corrected chi connectivity index (χ0v) is 15.1. The molecule has 0 aliphatic carbocycles. The second-order valence-corrected chi connectivity index (χ2v) is 5.78. The van der Waals surface area contributed by atoms with Crippen molar-refractivity contribution >= 4 is 12.0 Å². The van der Waals surface area contributed by atoms with Crippen molar-refractivity contribution in [3.05, 3.63) is 83.6 Å². The molecule has 5 heteroatoms. The normalized spacial score (nSPS) is 10.9. The van der Waals surface area contributed by atoms with Crippen LogP contribution in [0.15, 0.2) is 72.4 Å². The molecule has 0 saturated heterocycles. The number of allylic oxidation sites excluding steroid dienone is 1. The number of carbonyl (C=O) groups excluding carboxylic acids is 2. The third kappa shape index (κ3) is 5.77. The largest absolute Gasteiger partial charge is 0.464 e. The van der Waals surface area contributed by atoms with Crippen LogP contribution in [0.2, 0.25) is 0 Å². The lowest BCUT2D eigenvalue weighted by Crippen LogP contribution is -2.40. The fourth-order valence-electron chi connectivity index (χ4n) is 2.50. The Labute approximate surface area is 154 Å². The molecule has 5 nitrogen and oxygen atoms in total. The van der Waals surface area contributed by atoms with Crippen LogP contribution in [0, 0.1) is 0 Å². The summed E-state index contributed by atoms with van der Waals surface area (Å²) in [4.78, 5) is 26.3. The Morgan fingerprint density at radius 3 is 1.88 bits per heavy atom. The molecule has 0 heterocycles. The van der Waals surface area contributed by atoms with E-state index in [-0.39, 0.29) is 11.7 Å². The maximum Gasteiger partial charge on any atom is 0.354 e. The van der Waals surface area contributed by atoms with Crippen LogP contribution in [0.1, 0.15) is 24.5 Å². The van der Waals surface area contributed by atoms with E-state index in [0.29, 0.717) is 19.5 Å². The average molecular weight is 352 g/mol. The number of amides is 2. The van der Waals surface area contributed by atoms with Crippen molar-refractivity contribution < 1.29 is 14.3 Å². The van der Waals surface area contributed by atoms with Gasteiger partial charge >= 0.3 is 12.0 Å². The molecule has 0 saturated carbocycles. The van der Waals surface area contributed by atoms with E-state index in [1.807, 2.05) is 67.6 Å². The molecule has 0 radical (unpaired) electrons. The van der Waals surface area contributed by atoms with Gasteiger partial charge in [-0.05, 0) is 17.5 Å². The van der Waals surface area contributed by atoms with Crippen LogP contribution < -0.4 is 5.32 Å². The number of nitrogens with one attached hydrogen (secondary N) is 1. The summed E-state index contributed by atoms with van der Waals surface area (Å²) in [5.74, 6) is -0.556. The van der Waals surface area contributed by atoms with E-state index in [4.69, 9.17) is 4.74 Å². The number of benzene rings is 2. The number of carbonyl (C=O) groups is 2. The number of rotatable bonds is 7. The molecule has 26 heavy (non-hydrogen) atoms. The van der Waals surface area contributed by atoms with Crippen molar-refractivity contribution in [2.45, 2.75) is 26.4 Å². The highest BCUT2D eigenvalue weighted by atomic mass is 16.5. The second-order valence-electron chi connectivity index (χ2n) is 5.78. The molecule has 136 valence electrons. The summed E-state index contributed by atoms with van der Waals surface area (Å²) in [7, 11) is 1.30. The predicted molar refractivity (Wildman–Crippen MR) is 101 cm³/mol. The van der Waals surface area contributed by atoms with Gasteiger partial charge in [-0.25, -0.2) is 9.59 Å². The van der Waals surface area contributed by atoms with Gasteiger partial charge in [0, 0.05) is 13.1 Å². The van der Waals surface area contributed by atoms with Gasteiger partial charge in [0.15, 0.2) is 0 Å². The van der Waals surface area contributed by atoms with Gasteiger partial charge in [-0.1, -0.05) is 73.7 Å². The van der Waals surface area contributed by atoms with Gasteiger partial charge in [-0.3, -0.25) is 0 Å². The first-order valence-corrected chi connectivity index (χ1v) is 8.56. The van der Waals surface area contributed by atoms with Gasteiger partial charge < -0.3 is 15.0 Å². The highest BCUT2D eigenvalue weighted by Crippen LogP contribution is 2.11. The second kappa shape index (κ2) is 10.0. The Hall–Kier alpha value is -3.08. The standard InChI is InChI=1S/C21H24N2O3/c1-3-10-19(20(24)26-2)22-21(25)23(15-17-11-6-4-7-12-17)16-18-13-8-5-9-14-18/h4-14H,3,15-16H2,1-2H3,(H,22,25)/b19-10-. The van der Waals surface area contributed by atoms with Crippen LogP contribution in [-0.4, -0.2) is 24.0 Å². The quantitative estimate of drug-likeness (QED) is 0.608. The fourth-order valence-corrected chi connectivity index (χ4v) is 2.50. The maximum absolute atomic E-state index is 12.8.